The lowest BCUT2D eigenvalue weighted by Crippen LogP contribution is -2.08. The molecule has 0 amide bonds. The number of carbonyl (C=O) groups is 2. The monoisotopic (exact) mass is 247 g/mol. The number of benzene rings is 1. The molecule has 0 radical (unpaired) electrons. The standard InChI is InChI=1S/C15H21NO2/c1-2-3-4-5-6-14(17)11-15(18)12-7-9-13(16)10-8-12/h7-10H,2-6,11,16H2,1H3. The van der Waals surface area contributed by atoms with E-state index >= 15 is 0 Å². The molecule has 0 spiro atoms. The van der Waals surface area contributed by atoms with Gasteiger partial charge in [0.1, 0.15) is 5.78 Å². The molecule has 0 fully saturated rings. The second-order valence-corrected chi connectivity index (χ2v) is 4.57. The van der Waals surface area contributed by atoms with Crippen molar-refractivity contribution in [3.05, 3.63) is 29.8 Å². The topological polar surface area (TPSA) is 60.2 Å². The van der Waals surface area contributed by atoms with Crippen molar-refractivity contribution in [2.75, 3.05) is 5.73 Å². The average molecular weight is 247 g/mol. The summed E-state index contributed by atoms with van der Waals surface area (Å²) in [6, 6.07) is 6.70. The summed E-state index contributed by atoms with van der Waals surface area (Å²) in [6.45, 7) is 2.13. The van der Waals surface area contributed by atoms with Crippen LogP contribution in [-0.2, 0) is 4.79 Å². The Morgan fingerprint density at radius 3 is 2.33 bits per heavy atom. The van der Waals surface area contributed by atoms with E-state index in [1.807, 2.05) is 0 Å². The fourth-order valence-corrected chi connectivity index (χ4v) is 1.79. The van der Waals surface area contributed by atoms with Crippen molar-refractivity contribution >= 4 is 17.3 Å². The number of nitrogen functional groups attached to an aromatic ring is 1. The zero-order chi connectivity index (χ0) is 13.4. The van der Waals surface area contributed by atoms with Gasteiger partial charge >= 0.3 is 0 Å². The largest absolute Gasteiger partial charge is 0.399 e. The van der Waals surface area contributed by atoms with E-state index in [0.29, 0.717) is 17.7 Å². The number of rotatable bonds is 8. The third kappa shape index (κ3) is 5.13. The van der Waals surface area contributed by atoms with Crippen LogP contribution in [0.5, 0.6) is 0 Å². The summed E-state index contributed by atoms with van der Waals surface area (Å²) in [4.78, 5) is 23.4. The molecule has 0 saturated heterocycles. The highest BCUT2D eigenvalue weighted by atomic mass is 16.1. The average Bonchev–Trinajstić information content (AvgIpc) is 2.35. The zero-order valence-corrected chi connectivity index (χ0v) is 10.9. The van der Waals surface area contributed by atoms with Crippen molar-refractivity contribution in [3.63, 3.8) is 0 Å². The van der Waals surface area contributed by atoms with E-state index in [2.05, 4.69) is 6.92 Å². The molecule has 0 saturated carbocycles. The highest BCUT2D eigenvalue weighted by Crippen LogP contribution is 2.10. The molecule has 0 unspecified atom stereocenters. The maximum atomic E-state index is 11.8. The summed E-state index contributed by atoms with van der Waals surface area (Å²) in [5.41, 5.74) is 6.73. The summed E-state index contributed by atoms with van der Waals surface area (Å²) < 4.78 is 0. The Morgan fingerprint density at radius 1 is 1.06 bits per heavy atom. The minimum Gasteiger partial charge on any atom is -0.399 e. The van der Waals surface area contributed by atoms with Crippen LogP contribution < -0.4 is 5.73 Å². The molecule has 0 atom stereocenters. The summed E-state index contributed by atoms with van der Waals surface area (Å²) >= 11 is 0. The minimum atomic E-state index is -0.115. The van der Waals surface area contributed by atoms with Gasteiger partial charge in [0.05, 0.1) is 6.42 Å². The molecular formula is C15H21NO2. The van der Waals surface area contributed by atoms with Crippen LogP contribution in [0.2, 0.25) is 0 Å². The van der Waals surface area contributed by atoms with Crippen LogP contribution in [-0.4, -0.2) is 11.6 Å². The number of Topliss-reactive ketones (excluding diaryl/α,β-unsaturated/α-hetero) is 2. The van der Waals surface area contributed by atoms with Crippen LogP contribution in [0.4, 0.5) is 5.69 Å². The van der Waals surface area contributed by atoms with Crippen molar-refractivity contribution in [2.24, 2.45) is 0 Å². The number of ketones is 2. The van der Waals surface area contributed by atoms with Crippen LogP contribution in [0, 0.1) is 0 Å². The first-order valence-electron chi connectivity index (χ1n) is 6.54. The first-order valence-corrected chi connectivity index (χ1v) is 6.54. The normalized spacial score (nSPS) is 10.3. The van der Waals surface area contributed by atoms with E-state index in [1.54, 1.807) is 24.3 Å². The van der Waals surface area contributed by atoms with Gasteiger partial charge in [0, 0.05) is 17.7 Å². The van der Waals surface area contributed by atoms with Crippen molar-refractivity contribution in [3.8, 4) is 0 Å². The molecule has 3 nitrogen and oxygen atoms in total. The molecule has 0 aliphatic heterocycles. The smallest absolute Gasteiger partial charge is 0.170 e. The second kappa shape index (κ2) is 7.64. The molecule has 0 aromatic heterocycles. The third-order valence-corrected chi connectivity index (χ3v) is 2.90. The lowest BCUT2D eigenvalue weighted by molar-refractivity contribution is -0.118. The fraction of sp³-hybridized carbons (Fsp3) is 0.467. The maximum Gasteiger partial charge on any atom is 0.170 e. The van der Waals surface area contributed by atoms with Crippen molar-refractivity contribution in [1.82, 2.24) is 0 Å². The second-order valence-electron chi connectivity index (χ2n) is 4.57. The summed E-state index contributed by atoms with van der Waals surface area (Å²) in [5, 5.41) is 0. The van der Waals surface area contributed by atoms with E-state index in [-0.39, 0.29) is 18.0 Å². The predicted octanol–water partition coefficient (Wildman–Crippen LogP) is 3.38. The quantitative estimate of drug-likeness (QED) is 0.331. The van der Waals surface area contributed by atoms with Crippen LogP contribution in [0.15, 0.2) is 24.3 Å². The van der Waals surface area contributed by atoms with Gasteiger partial charge in [0.2, 0.25) is 0 Å². The molecule has 1 aromatic rings. The number of nitrogens with two attached hydrogens (primary N) is 1. The van der Waals surface area contributed by atoms with Gasteiger partial charge in [-0.15, -0.1) is 0 Å². The number of hydrogen-bond donors (Lipinski definition) is 1. The first-order chi connectivity index (χ1) is 8.63. The fourth-order valence-electron chi connectivity index (χ4n) is 1.79. The van der Waals surface area contributed by atoms with Gasteiger partial charge in [-0.2, -0.15) is 0 Å². The molecule has 0 aliphatic rings. The van der Waals surface area contributed by atoms with Gasteiger partial charge in [0.15, 0.2) is 5.78 Å². The van der Waals surface area contributed by atoms with E-state index < -0.39 is 0 Å². The molecule has 0 aliphatic carbocycles. The Kier molecular flexibility index (Phi) is 6.12. The molecule has 2 N–H and O–H groups in total. The molecule has 18 heavy (non-hydrogen) atoms. The predicted molar refractivity (Wildman–Crippen MR) is 73.6 cm³/mol. The van der Waals surface area contributed by atoms with Gasteiger partial charge in [-0.1, -0.05) is 26.2 Å². The summed E-state index contributed by atoms with van der Waals surface area (Å²) in [7, 11) is 0. The Balaban J connectivity index is 2.35. The molecule has 1 rings (SSSR count). The van der Waals surface area contributed by atoms with Crippen molar-refractivity contribution < 1.29 is 9.59 Å². The van der Waals surface area contributed by atoms with Gasteiger partial charge in [-0.05, 0) is 30.7 Å². The van der Waals surface area contributed by atoms with Gasteiger partial charge < -0.3 is 5.73 Å². The summed E-state index contributed by atoms with van der Waals surface area (Å²) in [6.07, 6.45) is 4.79. The highest BCUT2D eigenvalue weighted by Gasteiger charge is 2.11. The SMILES string of the molecule is CCCCCCC(=O)CC(=O)c1ccc(N)cc1. The van der Waals surface area contributed by atoms with Crippen LogP contribution in [0.1, 0.15) is 55.8 Å². The Hall–Kier alpha value is -1.64. The third-order valence-electron chi connectivity index (χ3n) is 2.90. The maximum absolute atomic E-state index is 11.8. The first kappa shape index (κ1) is 14.4. The zero-order valence-electron chi connectivity index (χ0n) is 10.9. The van der Waals surface area contributed by atoms with Crippen LogP contribution >= 0.6 is 0 Å². The number of anilines is 1. The summed E-state index contributed by atoms with van der Waals surface area (Å²) in [5.74, 6) is -0.0802. The van der Waals surface area contributed by atoms with Gasteiger partial charge in [0.25, 0.3) is 0 Å². The lowest BCUT2D eigenvalue weighted by atomic mass is 10.0. The Labute approximate surface area is 108 Å². The van der Waals surface area contributed by atoms with E-state index in [9.17, 15) is 9.59 Å². The number of carbonyl (C=O) groups excluding carboxylic acids is 2. The Morgan fingerprint density at radius 2 is 1.72 bits per heavy atom. The molecule has 0 bridgehead atoms. The molecule has 3 heteroatoms. The van der Waals surface area contributed by atoms with E-state index in [1.165, 1.54) is 0 Å². The molecule has 98 valence electrons. The van der Waals surface area contributed by atoms with Crippen molar-refractivity contribution in [1.29, 1.82) is 0 Å². The number of hydrogen-bond acceptors (Lipinski definition) is 3. The molecule has 1 aromatic carbocycles. The van der Waals surface area contributed by atoms with Crippen molar-refractivity contribution in [2.45, 2.75) is 45.4 Å². The van der Waals surface area contributed by atoms with E-state index in [4.69, 9.17) is 5.73 Å². The molecular weight excluding hydrogens is 226 g/mol. The highest BCUT2D eigenvalue weighted by molar-refractivity contribution is 6.08. The number of unbranched alkanes of at least 4 members (excludes halogenated alkanes) is 3. The lowest BCUT2D eigenvalue weighted by Gasteiger charge is -2.02. The van der Waals surface area contributed by atoms with Gasteiger partial charge in [-0.25, -0.2) is 0 Å². The van der Waals surface area contributed by atoms with Crippen LogP contribution in [0.3, 0.4) is 0 Å². The van der Waals surface area contributed by atoms with Crippen LogP contribution in [0.25, 0.3) is 0 Å². The van der Waals surface area contributed by atoms with E-state index in [0.717, 1.165) is 25.7 Å². The molecule has 0 heterocycles. The minimum absolute atomic E-state index is 0.00996. The van der Waals surface area contributed by atoms with Gasteiger partial charge in [-0.3, -0.25) is 9.59 Å². The Bertz CT molecular complexity index is 395.